The van der Waals surface area contributed by atoms with E-state index in [1.54, 1.807) is 0 Å². The first-order chi connectivity index (χ1) is 53.7. The minimum Gasteiger partial charge on any atom is -0.462 e. The molecule has 0 aliphatic carbocycles. The predicted octanol–water partition coefficient (Wildman–Crippen LogP) is 24.7. The van der Waals surface area contributed by atoms with E-state index in [-0.39, 0.29) is 25.7 Å². The Morgan fingerprint density at radius 2 is 0.500 bits per heavy atom. The second kappa shape index (κ2) is 80.7. The Kier molecular flexibility index (Phi) is 76.0. The van der Waals surface area contributed by atoms with Gasteiger partial charge < -0.3 is 33.8 Å². The third-order valence-corrected chi connectivity index (χ3v) is 18.1. The molecule has 110 heavy (non-hydrogen) atoms. The van der Waals surface area contributed by atoms with Gasteiger partial charge in [0.1, 0.15) is 19.3 Å². The minimum atomic E-state index is -5.03. The summed E-state index contributed by atoms with van der Waals surface area (Å²) in [7, 11) is -10.1. The molecule has 0 aliphatic heterocycles. The molecule has 0 amide bonds. The van der Waals surface area contributed by atoms with Crippen LogP contribution in [-0.4, -0.2) is 96.7 Å². The summed E-state index contributed by atoms with van der Waals surface area (Å²) in [6.07, 6.45) is 101. The summed E-state index contributed by atoms with van der Waals surface area (Å²) < 4.78 is 68.5. The van der Waals surface area contributed by atoms with Gasteiger partial charge in [0.15, 0.2) is 12.2 Å². The third-order valence-electron chi connectivity index (χ3n) is 16.2. The van der Waals surface area contributed by atoms with Crippen molar-refractivity contribution in [2.45, 2.75) is 303 Å². The molecule has 0 aromatic rings. The normalized spacial score (nSPS) is 14.9. The summed E-state index contributed by atoms with van der Waals surface area (Å²) in [4.78, 5) is 73.1. The number of carbonyl (C=O) groups is 4. The van der Waals surface area contributed by atoms with Gasteiger partial charge in [-0.1, -0.05) is 298 Å². The lowest BCUT2D eigenvalue weighted by Crippen LogP contribution is -2.30. The molecule has 0 saturated carbocycles. The summed E-state index contributed by atoms with van der Waals surface area (Å²) >= 11 is 0. The standard InChI is InChI=1S/C91H144O17P2/c1-5-9-13-17-21-25-29-33-37-40-42-45-48-52-56-60-64-68-72-76-89(94)102-82-87(108-91(96)78-74-70-66-62-58-54-50-46-43-41-38-34-30-26-22-18-14-10-6-2)84-106-110(99,100)104-80-85(92)79-103-109(97,98)105-83-86(81-101-88(93)75-71-67-63-59-55-51-47-36-32-28-24-20-16-12-8-4)107-90(95)77-73-69-65-61-57-53-49-44-39-35-31-27-23-19-15-11-7-3/h9-10,13-14,21-23,25-27,33-39,42-43,45-47,49,52-54,56,58,61,64-66,68,70,85-87,92H,5-8,11-12,15-20,24,28-32,40-41,44,48,50-51,55,57,59-60,62-63,67,69,71-84H2,1-4H3,(H,97,98)(H,99,100)/b13-9-,14-10-,25-21-,26-22-,27-23-,37-33-,38-34-,39-35-,45-42-,46-43-,47-36-,53-49-,56-52-,58-54-,65-61-,68-64-,70-66-/t85-,86+,87+/m0/s1. The molecule has 0 radical (unpaired) electrons. The lowest BCUT2D eigenvalue weighted by Gasteiger charge is -2.21. The van der Waals surface area contributed by atoms with Gasteiger partial charge in [-0.25, -0.2) is 9.13 Å². The van der Waals surface area contributed by atoms with Crippen molar-refractivity contribution in [3.05, 3.63) is 207 Å². The van der Waals surface area contributed by atoms with E-state index < -0.39 is 97.5 Å². The first-order valence-corrected chi connectivity index (χ1v) is 44.3. The molecule has 17 nitrogen and oxygen atoms in total. The molecule has 0 saturated heterocycles. The Morgan fingerprint density at radius 3 is 0.855 bits per heavy atom. The van der Waals surface area contributed by atoms with Crippen LogP contribution >= 0.6 is 15.6 Å². The van der Waals surface area contributed by atoms with Crippen molar-refractivity contribution >= 4 is 39.5 Å². The molecule has 3 N–H and O–H groups in total. The molecule has 0 rings (SSSR count). The van der Waals surface area contributed by atoms with E-state index in [9.17, 15) is 43.2 Å². The Morgan fingerprint density at radius 1 is 0.264 bits per heavy atom. The second-order valence-electron chi connectivity index (χ2n) is 26.6. The number of esters is 4. The zero-order chi connectivity index (χ0) is 80.3. The van der Waals surface area contributed by atoms with Gasteiger partial charge in [0, 0.05) is 25.7 Å². The molecule has 0 aromatic carbocycles. The largest absolute Gasteiger partial charge is 0.472 e. The van der Waals surface area contributed by atoms with Crippen LogP contribution in [0.4, 0.5) is 0 Å². The van der Waals surface area contributed by atoms with Gasteiger partial charge >= 0.3 is 39.5 Å². The highest BCUT2D eigenvalue weighted by molar-refractivity contribution is 7.47. The fourth-order valence-electron chi connectivity index (χ4n) is 10.0. The minimum absolute atomic E-state index is 0.00654. The van der Waals surface area contributed by atoms with Gasteiger partial charge in [-0.3, -0.25) is 37.3 Å². The number of hydrogen-bond acceptors (Lipinski definition) is 15. The molecular formula is C91H144O17P2. The molecule has 0 spiro atoms. The van der Waals surface area contributed by atoms with Gasteiger partial charge in [-0.15, -0.1) is 0 Å². The van der Waals surface area contributed by atoms with Crippen LogP contribution in [0.1, 0.15) is 285 Å². The van der Waals surface area contributed by atoms with Crippen LogP contribution in [0.15, 0.2) is 207 Å². The highest BCUT2D eigenvalue weighted by atomic mass is 31.2. The van der Waals surface area contributed by atoms with E-state index in [2.05, 4.69) is 186 Å². The van der Waals surface area contributed by atoms with Crippen LogP contribution in [-0.2, 0) is 65.4 Å². The monoisotopic (exact) mass is 1570 g/mol. The average molecular weight is 1570 g/mol. The Balaban J connectivity index is 5.60. The summed E-state index contributed by atoms with van der Waals surface area (Å²) in [6.45, 7) is 4.34. The van der Waals surface area contributed by atoms with E-state index in [0.717, 1.165) is 128 Å². The first-order valence-electron chi connectivity index (χ1n) is 41.3. The van der Waals surface area contributed by atoms with Crippen LogP contribution in [0.5, 0.6) is 0 Å². The number of phosphoric acid groups is 2. The molecule has 0 aliphatic rings. The summed E-state index contributed by atoms with van der Waals surface area (Å²) in [5.41, 5.74) is 0. The Labute approximate surface area is 665 Å². The van der Waals surface area contributed by atoms with Crippen LogP contribution in [0.3, 0.4) is 0 Å². The maximum absolute atomic E-state index is 13.1. The molecule has 0 heterocycles. The predicted molar refractivity (Wildman–Crippen MR) is 454 cm³/mol. The number of aliphatic hydroxyl groups excluding tert-OH is 1. The lowest BCUT2D eigenvalue weighted by molar-refractivity contribution is -0.161. The molecule has 0 fully saturated rings. The van der Waals surface area contributed by atoms with Gasteiger partial charge in [-0.05, 0) is 167 Å². The van der Waals surface area contributed by atoms with Crippen LogP contribution in [0, 0.1) is 0 Å². The highest BCUT2D eigenvalue weighted by Gasteiger charge is 2.30. The van der Waals surface area contributed by atoms with E-state index in [1.165, 1.54) is 57.8 Å². The van der Waals surface area contributed by atoms with Crippen LogP contribution in [0.25, 0.3) is 0 Å². The molecule has 620 valence electrons. The molecule has 19 heteroatoms. The molecular weight excluding hydrogens is 1430 g/mol. The van der Waals surface area contributed by atoms with Gasteiger partial charge in [0.05, 0.1) is 26.4 Å². The van der Waals surface area contributed by atoms with Gasteiger partial charge in [0.2, 0.25) is 0 Å². The molecule has 5 atom stereocenters. The molecule has 2 unspecified atom stereocenters. The number of hydrogen-bond donors (Lipinski definition) is 3. The van der Waals surface area contributed by atoms with Crippen molar-refractivity contribution in [1.29, 1.82) is 0 Å². The maximum Gasteiger partial charge on any atom is 0.472 e. The van der Waals surface area contributed by atoms with Crippen molar-refractivity contribution in [1.82, 2.24) is 0 Å². The number of allylic oxidation sites excluding steroid dienone is 34. The van der Waals surface area contributed by atoms with Gasteiger partial charge in [0.25, 0.3) is 0 Å². The maximum atomic E-state index is 13.1. The van der Waals surface area contributed by atoms with Crippen molar-refractivity contribution in [3.8, 4) is 0 Å². The number of unbranched alkanes of at least 4 members (excludes halogenated alkanes) is 15. The number of aliphatic hydroxyl groups is 1. The van der Waals surface area contributed by atoms with E-state index in [4.69, 9.17) is 37.0 Å². The first kappa shape index (κ1) is 104. The average Bonchev–Trinajstić information content (AvgIpc) is 0.907. The molecule has 0 aromatic heterocycles. The fourth-order valence-corrected chi connectivity index (χ4v) is 11.6. The van der Waals surface area contributed by atoms with Crippen molar-refractivity contribution in [3.63, 3.8) is 0 Å². The fraction of sp³-hybridized carbons (Fsp3) is 0.582. The molecule has 0 bridgehead atoms. The zero-order valence-electron chi connectivity index (χ0n) is 67.8. The smallest absolute Gasteiger partial charge is 0.462 e. The zero-order valence-corrected chi connectivity index (χ0v) is 69.6. The highest BCUT2D eigenvalue weighted by Crippen LogP contribution is 2.45. The number of carbonyl (C=O) groups excluding carboxylic acids is 4. The van der Waals surface area contributed by atoms with E-state index in [1.807, 2.05) is 48.6 Å². The van der Waals surface area contributed by atoms with Crippen molar-refractivity contribution in [2.75, 3.05) is 39.6 Å². The number of rotatable bonds is 75. The quantitative estimate of drug-likeness (QED) is 0.0169. The lowest BCUT2D eigenvalue weighted by atomic mass is 10.1. The van der Waals surface area contributed by atoms with Crippen molar-refractivity contribution in [2.24, 2.45) is 0 Å². The topological polar surface area (TPSA) is 237 Å². The van der Waals surface area contributed by atoms with Gasteiger partial charge in [-0.2, -0.15) is 0 Å². The summed E-state index contributed by atoms with van der Waals surface area (Å²) in [6, 6.07) is 0. The van der Waals surface area contributed by atoms with Crippen molar-refractivity contribution < 1.29 is 80.2 Å². The summed E-state index contributed by atoms with van der Waals surface area (Å²) in [5, 5.41) is 10.7. The van der Waals surface area contributed by atoms with Crippen LogP contribution in [0.2, 0.25) is 0 Å². The second-order valence-corrected chi connectivity index (χ2v) is 29.5. The summed E-state index contributed by atoms with van der Waals surface area (Å²) in [5.74, 6) is -2.47. The Bertz CT molecular complexity index is 2900. The van der Waals surface area contributed by atoms with E-state index in [0.29, 0.717) is 44.9 Å². The SMILES string of the molecule is CC/C=C\C/C=C\C/C=C\C/C=C\C/C=C\C/C=C\CCC(=O)OC[C@H](COP(=O)(O)OC[C@@H](O)COP(=O)(O)OC[C@@H](COC(=O)CCCCCCC/C=C\CCCCCCCC)OC(=O)CCC/C=C\C/C=C\C/C=C\C/C=C\CCCCC)OC(=O)CC/C=C\C/C=C\C/C=C\C/C=C\C/C=C\C/C=C\CC. The Hall–Kier alpha value is -6.36. The van der Waals surface area contributed by atoms with E-state index >= 15 is 0 Å². The third kappa shape index (κ3) is 79.7. The number of ether oxygens (including phenoxy) is 4. The number of phosphoric ester groups is 2. The van der Waals surface area contributed by atoms with Crippen LogP contribution < -0.4 is 0 Å².